The molecule has 1 heterocycles. The summed E-state index contributed by atoms with van der Waals surface area (Å²) in [6.45, 7) is 2.24. The number of aryl methyl sites for hydroxylation is 1. The summed E-state index contributed by atoms with van der Waals surface area (Å²) in [5, 5.41) is 3.08. The highest BCUT2D eigenvalue weighted by Crippen LogP contribution is 2.25. The molecule has 1 aromatic heterocycles. The van der Waals surface area contributed by atoms with E-state index in [1.54, 1.807) is 42.5 Å². The number of hydrogen-bond donors (Lipinski definition) is 1. The van der Waals surface area contributed by atoms with E-state index in [-0.39, 0.29) is 12.5 Å². The highest BCUT2D eigenvalue weighted by atomic mass is 16.5. The van der Waals surface area contributed by atoms with Gasteiger partial charge in [0.15, 0.2) is 0 Å². The predicted octanol–water partition coefficient (Wildman–Crippen LogP) is 4.02. The predicted molar refractivity (Wildman–Crippen MR) is 141 cm³/mol. The second kappa shape index (κ2) is 11.2. The van der Waals surface area contributed by atoms with E-state index in [9.17, 15) is 14.4 Å². The van der Waals surface area contributed by atoms with Gasteiger partial charge in [0.2, 0.25) is 5.95 Å². The fourth-order valence-electron chi connectivity index (χ4n) is 3.48. The Hall–Kier alpha value is -4.92. The van der Waals surface area contributed by atoms with Crippen LogP contribution < -0.4 is 21.4 Å². The highest BCUT2D eigenvalue weighted by molar-refractivity contribution is 5.87. The number of esters is 1. The summed E-state index contributed by atoms with van der Waals surface area (Å²) in [6, 6.07) is 22.1. The number of aromatic nitrogens is 3. The van der Waals surface area contributed by atoms with Crippen molar-refractivity contribution >= 4 is 23.7 Å². The number of methoxy groups -OCH3 is 1. The van der Waals surface area contributed by atoms with Crippen LogP contribution in [0.4, 0.5) is 11.6 Å². The molecule has 9 heteroatoms. The van der Waals surface area contributed by atoms with Gasteiger partial charge in [0.1, 0.15) is 11.5 Å². The molecule has 1 N–H and O–H groups in total. The van der Waals surface area contributed by atoms with Crippen molar-refractivity contribution in [3.8, 4) is 11.5 Å². The second-order valence-corrected chi connectivity index (χ2v) is 8.31. The maximum Gasteiger partial charge on any atom is 0.354 e. The summed E-state index contributed by atoms with van der Waals surface area (Å²) in [6.07, 6.45) is 2.97. The quantitative estimate of drug-likeness (QED) is 0.289. The third-order valence-corrected chi connectivity index (χ3v) is 5.54. The van der Waals surface area contributed by atoms with Crippen LogP contribution in [0.25, 0.3) is 6.08 Å². The van der Waals surface area contributed by atoms with E-state index < -0.39 is 17.3 Å². The van der Waals surface area contributed by atoms with Crippen LogP contribution in [-0.4, -0.2) is 27.2 Å². The van der Waals surface area contributed by atoms with Gasteiger partial charge in [-0.1, -0.05) is 42.0 Å². The van der Waals surface area contributed by atoms with E-state index in [1.165, 1.54) is 24.8 Å². The van der Waals surface area contributed by atoms with Crippen molar-refractivity contribution in [2.24, 2.45) is 7.05 Å². The van der Waals surface area contributed by atoms with Crippen molar-refractivity contribution in [3.05, 3.63) is 117 Å². The van der Waals surface area contributed by atoms with Crippen molar-refractivity contribution in [1.82, 2.24) is 14.1 Å². The van der Waals surface area contributed by atoms with Gasteiger partial charge in [-0.15, -0.1) is 0 Å². The molecule has 4 aromatic rings. The SMILES string of the molecule is COC(=O)/C=C/c1cccc(Oc2ccc(Nc3nc(=O)n(C)c(=O)n3Cc3ccc(C)cc3)cc2)c1. The Kier molecular flexibility index (Phi) is 7.63. The number of nitrogens with zero attached hydrogens (tertiary/aromatic N) is 3. The zero-order chi connectivity index (χ0) is 26.4. The molecule has 0 saturated carbocycles. The first-order valence-electron chi connectivity index (χ1n) is 11.5. The van der Waals surface area contributed by atoms with E-state index in [1.807, 2.05) is 43.3 Å². The number of ether oxygens (including phenoxy) is 2. The average molecular weight is 499 g/mol. The maximum absolute atomic E-state index is 12.9. The Morgan fingerprint density at radius 3 is 2.43 bits per heavy atom. The maximum atomic E-state index is 12.9. The molecule has 0 unspecified atom stereocenters. The molecule has 0 fully saturated rings. The molecule has 0 aliphatic rings. The fourth-order valence-corrected chi connectivity index (χ4v) is 3.48. The Labute approximate surface area is 213 Å². The number of benzene rings is 3. The molecule has 0 atom stereocenters. The molecule has 0 saturated heterocycles. The number of rotatable bonds is 8. The zero-order valence-corrected chi connectivity index (χ0v) is 20.7. The highest BCUT2D eigenvalue weighted by Gasteiger charge is 2.12. The molecule has 0 amide bonds. The smallest absolute Gasteiger partial charge is 0.354 e. The zero-order valence-electron chi connectivity index (χ0n) is 20.7. The van der Waals surface area contributed by atoms with Crippen molar-refractivity contribution in [3.63, 3.8) is 0 Å². The number of carbonyl (C=O) groups excluding carboxylic acids is 1. The van der Waals surface area contributed by atoms with E-state index in [2.05, 4.69) is 15.0 Å². The standard InChI is InChI=1S/C28H26N4O5/c1-19-7-9-21(10-8-19)18-32-26(30-27(34)31(2)28(32)35)29-22-12-14-23(15-13-22)37-24-6-4-5-20(17-24)11-16-25(33)36-3/h4-17H,18H2,1-3H3,(H,29,30,34)/b16-11+. The molecular formula is C28H26N4O5. The molecule has 37 heavy (non-hydrogen) atoms. The van der Waals surface area contributed by atoms with E-state index >= 15 is 0 Å². The van der Waals surface area contributed by atoms with Crippen LogP contribution >= 0.6 is 0 Å². The molecule has 0 spiro atoms. The van der Waals surface area contributed by atoms with Gasteiger partial charge in [0, 0.05) is 18.8 Å². The van der Waals surface area contributed by atoms with Crippen molar-refractivity contribution < 1.29 is 14.3 Å². The summed E-state index contributed by atoms with van der Waals surface area (Å²) < 4.78 is 12.9. The largest absolute Gasteiger partial charge is 0.466 e. The van der Waals surface area contributed by atoms with Gasteiger partial charge in [0.25, 0.3) is 0 Å². The Bertz CT molecular complexity index is 1550. The third-order valence-electron chi connectivity index (χ3n) is 5.54. The van der Waals surface area contributed by atoms with Crippen LogP contribution in [0, 0.1) is 6.92 Å². The monoisotopic (exact) mass is 498 g/mol. The Balaban J connectivity index is 1.53. The van der Waals surface area contributed by atoms with Crippen LogP contribution in [0.1, 0.15) is 16.7 Å². The van der Waals surface area contributed by atoms with Crippen LogP contribution in [0.15, 0.2) is 88.5 Å². The summed E-state index contributed by atoms with van der Waals surface area (Å²) in [5.41, 5.74) is 2.31. The molecule has 0 bridgehead atoms. The lowest BCUT2D eigenvalue weighted by molar-refractivity contribution is -0.134. The van der Waals surface area contributed by atoms with Crippen molar-refractivity contribution in [1.29, 1.82) is 0 Å². The molecule has 3 aromatic carbocycles. The normalized spacial score (nSPS) is 10.9. The van der Waals surface area contributed by atoms with Gasteiger partial charge in [0.05, 0.1) is 13.7 Å². The Morgan fingerprint density at radius 1 is 1.00 bits per heavy atom. The number of anilines is 2. The van der Waals surface area contributed by atoms with E-state index in [0.717, 1.165) is 21.3 Å². The first-order valence-corrected chi connectivity index (χ1v) is 11.5. The lowest BCUT2D eigenvalue weighted by atomic mass is 10.1. The molecule has 188 valence electrons. The summed E-state index contributed by atoms with van der Waals surface area (Å²) >= 11 is 0. The molecule has 0 radical (unpaired) electrons. The molecule has 9 nitrogen and oxygen atoms in total. The van der Waals surface area contributed by atoms with Gasteiger partial charge < -0.3 is 14.8 Å². The van der Waals surface area contributed by atoms with Gasteiger partial charge in [-0.2, -0.15) is 4.98 Å². The number of hydrogen-bond acceptors (Lipinski definition) is 7. The molecule has 0 aliphatic carbocycles. The first kappa shape index (κ1) is 25.2. The number of nitrogens with one attached hydrogen (secondary N) is 1. The third kappa shape index (κ3) is 6.40. The Morgan fingerprint density at radius 2 is 1.73 bits per heavy atom. The average Bonchev–Trinajstić information content (AvgIpc) is 2.90. The lowest BCUT2D eigenvalue weighted by Crippen LogP contribution is -2.41. The van der Waals surface area contributed by atoms with Crippen LogP contribution in [0.3, 0.4) is 0 Å². The van der Waals surface area contributed by atoms with E-state index in [4.69, 9.17) is 4.74 Å². The topological polar surface area (TPSA) is 104 Å². The van der Waals surface area contributed by atoms with Gasteiger partial charge in [-0.05, 0) is 60.5 Å². The second-order valence-electron chi connectivity index (χ2n) is 8.31. The lowest BCUT2D eigenvalue weighted by Gasteiger charge is -2.15. The summed E-state index contributed by atoms with van der Waals surface area (Å²) in [7, 11) is 2.72. The van der Waals surface area contributed by atoms with Gasteiger partial charge in [-0.3, -0.25) is 4.57 Å². The van der Waals surface area contributed by atoms with Crippen molar-refractivity contribution in [2.75, 3.05) is 12.4 Å². The minimum absolute atomic E-state index is 0.146. The minimum atomic E-state index is -0.645. The number of carbonyl (C=O) groups is 1. The summed E-state index contributed by atoms with van der Waals surface area (Å²) in [4.78, 5) is 40.5. The fraction of sp³-hybridized carbons (Fsp3) is 0.143. The molecule has 4 rings (SSSR count). The molecular weight excluding hydrogens is 472 g/mol. The van der Waals surface area contributed by atoms with E-state index in [0.29, 0.717) is 17.2 Å². The minimum Gasteiger partial charge on any atom is -0.466 e. The summed E-state index contributed by atoms with van der Waals surface area (Å²) in [5.74, 6) is 0.874. The van der Waals surface area contributed by atoms with Gasteiger partial charge in [-0.25, -0.2) is 19.0 Å². The van der Waals surface area contributed by atoms with Crippen LogP contribution in [0.5, 0.6) is 11.5 Å². The van der Waals surface area contributed by atoms with Crippen molar-refractivity contribution in [2.45, 2.75) is 13.5 Å². The van der Waals surface area contributed by atoms with Crippen LogP contribution in [-0.2, 0) is 23.1 Å². The first-order chi connectivity index (χ1) is 17.8. The molecule has 0 aliphatic heterocycles. The van der Waals surface area contributed by atoms with Gasteiger partial charge >= 0.3 is 17.3 Å². The van der Waals surface area contributed by atoms with Crippen LogP contribution in [0.2, 0.25) is 0 Å².